The second-order valence-electron chi connectivity index (χ2n) is 4.95. The van der Waals surface area contributed by atoms with Crippen LogP contribution in [-0.2, 0) is 4.74 Å². The third-order valence-electron chi connectivity index (χ3n) is 3.32. The lowest BCUT2D eigenvalue weighted by Crippen LogP contribution is -2.04. The highest BCUT2D eigenvalue weighted by molar-refractivity contribution is 5.85. The molecule has 2 rings (SSSR count). The molecule has 0 N–H and O–H groups in total. The Morgan fingerprint density at radius 3 is 2.85 bits per heavy atom. The van der Waals surface area contributed by atoms with Crippen molar-refractivity contribution in [3.05, 3.63) is 41.5 Å². The molecule has 3 heteroatoms. The Bertz CT molecular complexity index is 571. The van der Waals surface area contributed by atoms with Crippen LogP contribution in [0, 0.1) is 6.92 Å². The summed E-state index contributed by atoms with van der Waals surface area (Å²) >= 11 is 0. The summed E-state index contributed by atoms with van der Waals surface area (Å²) in [4.78, 5) is 4.60. The molecule has 106 valence electrons. The van der Waals surface area contributed by atoms with E-state index in [0.29, 0.717) is 6.61 Å². The molecule has 0 radical (unpaired) electrons. The molecule has 1 heterocycles. The van der Waals surface area contributed by atoms with Crippen LogP contribution in [0.25, 0.3) is 5.57 Å². The number of benzene rings is 1. The molecule has 1 aromatic rings. The fourth-order valence-electron chi connectivity index (χ4n) is 2.27. The third kappa shape index (κ3) is 3.17. The number of rotatable bonds is 4. The molecule has 0 unspecified atom stereocenters. The van der Waals surface area contributed by atoms with Crippen molar-refractivity contribution in [2.45, 2.75) is 20.3 Å². The minimum absolute atomic E-state index is 0.671. The first-order valence-electron chi connectivity index (χ1n) is 6.77. The number of methoxy groups -OCH3 is 1. The van der Waals surface area contributed by atoms with Crippen molar-refractivity contribution in [1.82, 2.24) is 0 Å². The number of allylic oxidation sites excluding steroid dienone is 1. The Morgan fingerprint density at radius 1 is 1.45 bits per heavy atom. The monoisotopic (exact) mass is 271 g/mol. The molecule has 20 heavy (non-hydrogen) atoms. The summed E-state index contributed by atoms with van der Waals surface area (Å²) in [6.45, 7) is 9.28. The van der Waals surface area contributed by atoms with E-state index in [1.165, 1.54) is 5.57 Å². The van der Waals surface area contributed by atoms with Crippen molar-refractivity contribution < 1.29 is 9.47 Å². The summed E-state index contributed by atoms with van der Waals surface area (Å²) in [7, 11) is 1.68. The van der Waals surface area contributed by atoms with E-state index in [1.54, 1.807) is 13.3 Å². The number of aliphatic imine (C=N–C) groups is 1. The predicted molar refractivity (Wildman–Crippen MR) is 84.1 cm³/mol. The maximum Gasteiger partial charge on any atom is 0.123 e. The van der Waals surface area contributed by atoms with E-state index in [0.717, 1.165) is 41.2 Å². The van der Waals surface area contributed by atoms with Gasteiger partial charge < -0.3 is 9.47 Å². The molecule has 0 aromatic heterocycles. The van der Waals surface area contributed by atoms with Crippen LogP contribution in [0.15, 0.2) is 35.4 Å². The van der Waals surface area contributed by atoms with Crippen molar-refractivity contribution in [2.75, 3.05) is 20.3 Å². The molecule has 3 nitrogen and oxygen atoms in total. The van der Waals surface area contributed by atoms with Crippen molar-refractivity contribution in [3.8, 4) is 5.75 Å². The van der Waals surface area contributed by atoms with Crippen molar-refractivity contribution in [2.24, 2.45) is 4.99 Å². The molecule has 0 saturated carbocycles. The number of ether oxygens (including phenoxy) is 2. The lowest BCUT2D eigenvalue weighted by Gasteiger charge is -2.18. The lowest BCUT2D eigenvalue weighted by molar-refractivity contribution is 0.161. The van der Waals surface area contributed by atoms with Gasteiger partial charge in [-0.1, -0.05) is 12.7 Å². The molecule has 0 saturated heterocycles. The first-order valence-corrected chi connectivity index (χ1v) is 6.77. The van der Waals surface area contributed by atoms with Gasteiger partial charge >= 0.3 is 0 Å². The molecule has 0 bridgehead atoms. The van der Waals surface area contributed by atoms with Gasteiger partial charge in [0, 0.05) is 17.3 Å². The van der Waals surface area contributed by atoms with Crippen LogP contribution in [0.1, 0.15) is 24.5 Å². The van der Waals surface area contributed by atoms with Gasteiger partial charge in [0.1, 0.15) is 5.75 Å². The first-order chi connectivity index (χ1) is 9.63. The van der Waals surface area contributed by atoms with Gasteiger partial charge in [0.05, 0.1) is 26.0 Å². The lowest BCUT2D eigenvalue weighted by atomic mass is 9.97. The summed E-state index contributed by atoms with van der Waals surface area (Å²) < 4.78 is 10.8. The van der Waals surface area contributed by atoms with Crippen LogP contribution in [0.5, 0.6) is 5.75 Å². The Hall–Kier alpha value is -1.87. The Balaban J connectivity index is 2.52. The van der Waals surface area contributed by atoms with E-state index < -0.39 is 0 Å². The summed E-state index contributed by atoms with van der Waals surface area (Å²) in [5.41, 5.74) is 5.38. The molecular formula is C17H21NO2. The molecule has 1 aliphatic rings. The molecule has 0 atom stereocenters. The number of hydrogen-bond acceptors (Lipinski definition) is 3. The minimum Gasteiger partial charge on any atom is -0.496 e. The van der Waals surface area contributed by atoms with Crippen molar-refractivity contribution in [1.29, 1.82) is 0 Å². The van der Waals surface area contributed by atoms with Crippen LogP contribution < -0.4 is 4.74 Å². The Kier molecular flexibility index (Phi) is 4.74. The van der Waals surface area contributed by atoms with Gasteiger partial charge in [-0.15, -0.1) is 0 Å². The van der Waals surface area contributed by atoms with Crippen LogP contribution in [0.3, 0.4) is 0 Å². The highest BCUT2D eigenvalue weighted by Gasteiger charge is 2.14. The second-order valence-corrected chi connectivity index (χ2v) is 4.95. The molecule has 1 aromatic carbocycles. The maximum atomic E-state index is 5.39. The zero-order chi connectivity index (χ0) is 14.5. The largest absolute Gasteiger partial charge is 0.496 e. The SMILES string of the molecule is C=C(C)C=Nc1c(C2=CCOCC2)ccc(OC)c1C. The van der Waals surface area contributed by atoms with E-state index in [9.17, 15) is 0 Å². The van der Waals surface area contributed by atoms with Gasteiger partial charge in [-0.05, 0) is 43.5 Å². The van der Waals surface area contributed by atoms with Gasteiger partial charge in [-0.2, -0.15) is 0 Å². The van der Waals surface area contributed by atoms with Crippen LogP contribution in [0.4, 0.5) is 5.69 Å². The number of nitrogens with zero attached hydrogens (tertiary/aromatic N) is 1. The van der Waals surface area contributed by atoms with Crippen molar-refractivity contribution in [3.63, 3.8) is 0 Å². The van der Waals surface area contributed by atoms with Crippen molar-refractivity contribution >= 4 is 17.5 Å². The quantitative estimate of drug-likeness (QED) is 0.772. The predicted octanol–water partition coefficient (Wildman–Crippen LogP) is 4.09. The van der Waals surface area contributed by atoms with Gasteiger partial charge in [0.15, 0.2) is 0 Å². The Morgan fingerprint density at radius 2 is 2.25 bits per heavy atom. The van der Waals surface area contributed by atoms with E-state index in [-0.39, 0.29) is 0 Å². The molecule has 0 spiro atoms. The maximum absolute atomic E-state index is 5.39. The highest BCUT2D eigenvalue weighted by atomic mass is 16.5. The van der Waals surface area contributed by atoms with E-state index >= 15 is 0 Å². The number of hydrogen-bond donors (Lipinski definition) is 0. The van der Waals surface area contributed by atoms with Gasteiger partial charge in [0.25, 0.3) is 0 Å². The molecule has 0 aliphatic carbocycles. The summed E-state index contributed by atoms with van der Waals surface area (Å²) in [5.74, 6) is 0.857. The summed E-state index contributed by atoms with van der Waals surface area (Å²) in [6.07, 6.45) is 4.84. The molecule has 0 amide bonds. The zero-order valence-corrected chi connectivity index (χ0v) is 12.4. The zero-order valence-electron chi connectivity index (χ0n) is 12.4. The van der Waals surface area contributed by atoms with Crippen LogP contribution in [-0.4, -0.2) is 26.5 Å². The molecule has 1 aliphatic heterocycles. The fourth-order valence-corrected chi connectivity index (χ4v) is 2.27. The van der Waals surface area contributed by atoms with Gasteiger partial charge in [-0.25, -0.2) is 0 Å². The summed E-state index contributed by atoms with van der Waals surface area (Å²) in [5, 5.41) is 0. The summed E-state index contributed by atoms with van der Waals surface area (Å²) in [6, 6.07) is 4.08. The van der Waals surface area contributed by atoms with Gasteiger partial charge in [0.2, 0.25) is 0 Å². The molecular weight excluding hydrogens is 250 g/mol. The molecule has 0 fully saturated rings. The van der Waals surface area contributed by atoms with E-state index in [4.69, 9.17) is 9.47 Å². The van der Waals surface area contributed by atoms with Gasteiger partial charge in [-0.3, -0.25) is 4.99 Å². The van der Waals surface area contributed by atoms with Crippen LogP contribution >= 0.6 is 0 Å². The smallest absolute Gasteiger partial charge is 0.123 e. The normalized spacial score (nSPS) is 15.2. The first kappa shape index (κ1) is 14.5. The average Bonchev–Trinajstić information content (AvgIpc) is 2.46. The standard InChI is InChI=1S/C17H21NO2/c1-12(2)11-18-17-13(3)16(19-4)6-5-15(17)14-7-9-20-10-8-14/h5-7,11H,1,8-10H2,2-4H3. The topological polar surface area (TPSA) is 30.8 Å². The fraction of sp³-hybridized carbons (Fsp3) is 0.353. The van der Waals surface area contributed by atoms with E-state index in [1.807, 2.05) is 19.9 Å². The Labute approximate surface area is 120 Å². The minimum atomic E-state index is 0.671. The second kappa shape index (κ2) is 6.53. The van der Waals surface area contributed by atoms with E-state index in [2.05, 4.69) is 23.7 Å². The third-order valence-corrected chi connectivity index (χ3v) is 3.32. The average molecular weight is 271 g/mol. The van der Waals surface area contributed by atoms with Crippen LogP contribution in [0.2, 0.25) is 0 Å². The highest BCUT2D eigenvalue weighted by Crippen LogP contribution is 2.37.